The van der Waals surface area contributed by atoms with E-state index in [9.17, 15) is 29.7 Å². The summed E-state index contributed by atoms with van der Waals surface area (Å²) in [6, 6.07) is 0. The van der Waals surface area contributed by atoms with Crippen molar-refractivity contribution in [1.29, 1.82) is 0 Å². The fourth-order valence-corrected chi connectivity index (χ4v) is 4.08. The number of carboxylic acid groups (broad SMARTS) is 3. The largest absolute Gasteiger partial charge is 3.00 e. The van der Waals surface area contributed by atoms with Crippen LogP contribution in [0.5, 0.6) is 0 Å². The smallest absolute Gasteiger partial charge is 0.550 e. The van der Waals surface area contributed by atoms with Crippen LogP contribution in [0.25, 0.3) is 0 Å². The van der Waals surface area contributed by atoms with Gasteiger partial charge in [-0.05, 0) is 38.5 Å². The molecule has 0 amide bonds. The molecule has 0 saturated heterocycles. The summed E-state index contributed by atoms with van der Waals surface area (Å²) in [6.07, 6.45) is 13.5. The van der Waals surface area contributed by atoms with Gasteiger partial charge in [-0.1, -0.05) is 120 Å². The zero-order valence-electron chi connectivity index (χ0n) is 25.5. The number of carboxylic acids is 3. The molecule has 6 nitrogen and oxygen atoms in total. The van der Waals surface area contributed by atoms with Crippen molar-refractivity contribution in [2.45, 2.75) is 159 Å². The van der Waals surface area contributed by atoms with Gasteiger partial charge in [0.15, 0.2) is 0 Å². The van der Waals surface area contributed by atoms with Gasteiger partial charge >= 0.3 is 40.4 Å². The van der Waals surface area contributed by atoms with Crippen LogP contribution in [-0.2, 0) is 14.4 Å². The van der Waals surface area contributed by atoms with Gasteiger partial charge in [0.25, 0.3) is 0 Å². The van der Waals surface area contributed by atoms with Crippen molar-refractivity contribution in [1.82, 2.24) is 0 Å². The normalized spacial score (nSPS) is 15.2. The van der Waals surface area contributed by atoms with Gasteiger partial charge in [-0.25, -0.2) is 0 Å². The molecule has 0 rings (SSSR count). The summed E-state index contributed by atoms with van der Waals surface area (Å²) in [5.41, 5.74) is -1.79. The third-order valence-electron chi connectivity index (χ3n) is 7.36. The number of rotatable bonds is 18. The van der Waals surface area contributed by atoms with Crippen molar-refractivity contribution in [3.05, 3.63) is 0 Å². The van der Waals surface area contributed by atoms with Crippen molar-refractivity contribution in [3.63, 3.8) is 0 Å². The maximum Gasteiger partial charge on any atom is 3.00 e. The second kappa shape index (κ2) is 24.8. The van der Waals surface area contributed by atoms with Crippen LogP contribution >= 0.6 is 0 Å². The molecule has 0 aromatic rings. The van der Waals surface area contributed by atoms with Gasteiger partial charge in [-0.15, -0.1) is 0 Å². The molecule has 0 aromatic heterocycles. The quantitative estimate of drug-likeness (QED) is 0.186. The Kier molecular flexibility index (Phi) is 29.3. The summed E-state index contributed by atoms with van der Waals surface area (Å²) in [6.45, 7) is 17.5. The Hall–Kier alpha value is -0.252. The minimum absolute atomic E-state index is 0. The summed E-state index contributed by atoms with van der Waals surface area (Å²) in [5, 5.41) is 32.3. The molecule has 37 heavy (non-hydrogen) atoms. The molecule has 3 atom stereocenters. The Morgan fingerprint density at radius 1 is 0.459 bits per heavy atom. The van der Waals surface area contributed by atoms with Crippen molar-refractivity contribution in [2.24, 2.45) is 16.2 Å². The van der Waals surface area contributed by atoms with Crippen LogP contribution in [0.1, 0.15) is 159 Å². The zero-order valence-corrected chi connectivity index (χ0v) is 28.1. The standard InChI is InChI=1S/3C10H20O2.Sm/c1-4-6-7-8-10(3,5-2)9(11)12;2*1-4-6-8-10(3,7-5-2)9(11)12;/h3*4-8H2,1-3H3,(H,11,12);/q;;;+3/p-3. The topological polar surface area (TPSA) is 120 Å². The molecule has 0 spiro atoms. The molecule has 0 heterocycles. The summed E-state index contributed by atoms with van der Waals surface area (Å²) in [5.74, 6) is -2.68. The van der Waals surface area contributed by atoms with Gasteiger partial charge in [0.2, 0.25) is 0 Å². The molecule has 7 heteroatoms. The maximum absolute atomic E-state index is 10.8. The van der Waals surface area contributed by atoms with Gasteiger partial charge in [-0.3, -0.25) is 0 Å². The molecule has 0 aliphatic heterocycles. The summed E-state index contributed by atoms with van der Waals surface area (Å²) in [4.78, 5) is 32.3. The van der Waals surface area contributed by atoms with Crippen LogP contribution < -0.4 is 15.3 Å². The maximum atomic E-state index is 10.8. The van der Waals surface area contributed by atoms with Gasteiger partial charge < -0.3 is 29.7 Å². The van der Waals surface area contributed by atoms with Crippen LogP contribution in [0.4, 0.5) is 0 Å². The van der Waals surface area contributed by atoms with Crippen LogP contribution in [-0.4, -0.2) is 17.9 Å². The molecule has 3 unspecified atom stereocenters. The summed E-state index contributed by atoms with van der Waals surface area (Å²) < 4.78 is 0. The fourth-order valence-electron chi connectivity index (χ4n) is 4.08. The second-order valence-electron chi connectivity index (χ2n) is 11.1. The molecule has 0 saturated carbocycles. The molecule has 0 bridgehead atoms. The van der Waals surface area contributed by atoms with E-state index < -0.39 is 34.2 Å². The Morgan fingerprint density at radius 3 is 0.973 bits per heavy atom. The van der Waals surface area contributed by atoms with Crippen molar-refractivity contribution in [3.8, 4) is 0 Å². The first-order chi connectivity index (χ1) is 16.7. The third kappa shape index (κ3) is 20.3. The Bertz CT molecular complexity index is 563. The van der Waals surface area contributed by atoms with Crippen molar-refractivity contribution >= 4 is 17.9 Å². The van der Waals surface area contributed by atoms with Crippen molar-refractivity contribution in [2.75, 3.05) is 0 Å². The number of carbonyl (C=O) groups excluding carboxylic acids is 3. The minimum atomic E-state index is -0.902. The van der Waals surface area contributed by atoms with Crippen LogP contribution in [0.3, 0.4) is 0 Å². The predicted octanol–water partition coefficient (Wildman–Crippen LogP) is 5.20. The molecule has 219 valence electrons. The minimum Gasteiger partial charge on any atom is -0.550 e. The van der Waals surface area contributed by atoms with E-state index in [2.05, 4.69) is 20.8 Å². The van der Waals surface area contributed by atoms with Gasteiger partial charge in [0, 0.05) is 34.2 Å². The predicted molar refractivity (Wildman–Crippen MR) is 143 cm³/mol. The van der Waals surface area contributed by atoms with Gasteiger partial charge in [0.1, 0.15) is 0 Å². The molecule has 0 fully saturated rings. The van der Waals surface area contributed by atoms with Crippen LogP contribution in [0, 0.1) is 56.6 Å². The number of aliphatic carboxylic acids is 3. The number of carbonyl (C=O) groups is 3. The molecule has 0 aliphatic carbocycles. The molecule has 0 aromatic carbocycles. The monoisotopic (exact) mass is 665 g/mol. The van der Waals surface area contributed by atoms with Gasteiger partial charge in [0.05, 0.1) is 0 Å². The van der Waals surface area contributed by atoms with E-state index in [-0.39, 0.29) is 40.4 Å². The van der Waals surface area contributed by atoms with E-state index in [1.165, 1.54) is 0 Å². The zero-order chi connectivity index (χ0) is 28.8. The van der Waals surface area contributed by atoms with Gasteiger partial charge in [-0.2, -0.15) is 0 Å². The molecule has 0 aliphatic rings. The SMILES string of the molecule is CCCCC(C)(CCC)C(=O)[O-].CCCCC(C)(CCC)C(=O)[O-].CCCCCC(C)(CC)C(=O)[O-].[Sm+3]. The van der Waals surface area contributed by atoms with E-state index >= 15 is 0 Å². The Labute approximate surface area is 261 Å². The van der Waals surface area contributed by atoms with E-state index in [0.717, 1.165) is 89.9 Å². The summed E-state index contributed by atoms with van der Waals surface area (Å²) >= 11 is 0. The number of unbranched alkanes of at least 4 members (excludes halogenated alkanes) is 4. The third-order valence-corrected chi connectivity index (χ3v) is 7.36. The molecular formula is C30H57O6Sm. The number of hydrogen-bond acceptors (Lipinski definition) is 6. The van der Waals surface area contributed by atoms with Crippen LogP contribution in [0.15, 0.2) is 0 Å². The fraction of sp³-hybridized carbons (Fsp3) is 0.900. The molecule has 0 N–H and O–H groups in total. The average molecular weight is 664 g/mol. The van der Waals surface area contributed by atoms with E-state index in [0.29, 0.717) is 6.42 Å². The first-order valence-electron chi connectivity index (χ1n) is 14.3. The number of hydrogen-bond donors (Lipinski definition) is 0. The van der Waals surface area contributed by atoms with E-state index in [1.54, 1.807) is 20.8 Å². The van der Waals surface area contributed by atoms with Crippen molar-refractivity contribution < 1.29 is 70.1 Å². The average Bonchev–Trinajstić information content (AvgIpc) is 2.82. The summed E-state index contributed by atoms with van der Waals surface area (Å²) in [7, 11) is 0. The van der Waals surface area contributed by atoms with E-state index in [4.69, 9.17) is 0 Å². The van der Waals surface area contributed by atoms with Crippen LogP contribution in [0.2, 0.25) is 0 Å². The Morgan fingerprint density at radius 2 is 0.757 bits per heavy atom. The Balaban J connectivity index is -0.000000218. The second-order valence-corrected chi connectivity index (χ2v) is 11.1. The molecular weight excluding hydrogens is 607 g/mol. The molecule has 1 radical (unpaired) electrons. The first-order valence-corrected chi connectivity index (χ1v) is 14.3. The first kappa shape index (κ1) is 43.8. The van der Waals surface area contributed by atoms with E-state index in [1.807, 2.05) is 20.8 Å².